The van der Waals surface area contributed by atoms with Crippen LogP contribution in [0.25, 0.3) is 11.3 Å². The van der Waals surface area contributed by atoms with Crippen LogP contribution in [0.3, 0.4) is 0 Å². The van der Waals surface area contributed by atoms with Gasteiger partial charge in [-0.1, -0.05) is 23.7 Å². The predicted molar refractivity (Wildman–Crippen MR) is 122 cm³/mol. The number of aromatic nitrogens is 2. The van der Waals surface area contributed by atoms with Crippen molar-refractivity contribution in [3.05, 3.63) is 53.6 Å². The first-order valence-corrected chi connectivity index (χ1v) is 11.4. The Morgan fingerprint density at radius 3 is 2.80 bits per heavy atom. The highest BCUT2D eigenvalue weighted by atomic mass is 19.1. The van der Waals surface area contributed by atoms with Crippen LogP contribution in [0.4, 0.5) is 4.39 Å². The second-order valence-electron chi connectivity index (χ2n) is 8.35. The van der Waals surface area contributed by atoms with E-state index in [1.165, 1.54) is 13.2 Å². The summed E-state index contributed by atoms with van der Waals surface area (Å²) in [6.45, 7) is -0.0477. The third-order valence-electron chi connectivity index (χ3n) is 5.82. The number of aliphatic hydroxyl groups excluding tert-OH is 1. The molecule has 1 fully saturated rings. The molecule has 0 bridgehead atoms. The maximum absolute atomic E-state index is 14.7. The standard InChI is InChI=1S/C25H27FN2O7/c1-32-22-11-18(19(26)13-27-22)24-25(34-16-7-3-2-4-8-16)20(28-35-24)14-33-17-9-5-6-15(10-17)21(29)12-23(30)31/h5-6,9-11,13,16,21,29H,2-4,7-8,12,14H2,1H3,(H,30,31)/t21-/m1/s1. The van der Waals surface area contributed by atoms with E-state index in [4.69, 9.17) is 23.8 Å². The van der Waals surface area contributed by atoms with Crippen LogP contribution in [0.2, 0.25) is 0 Å². The molecule has 0 unspecified atom stereocenters. The number of pyridine rings is 1. The molecule has 186 valence electrons. The number of carboxylic acids is 1. The number of hydrogen-bond donors (Lipinski definition) is 2. The van der Waals surface area contributed by atoms with E-state index in [0.717, 1.165) is 38.3 Å². The van der Waals surface area contributed by atoms with Gasteiger partial charge in [0.25, 0.3) is 0 Å². The van der Waals surface area contributed by atoms with Gasteiger partial charge in [-0.3, -0.25) is 4.79 Å². The first-order chi connectivity index (χ1) is 16.9. The molecule has 1 aliphatic rings. The molecule has 0 radical (unpaired) electrons. The number of methoxy groups -OCH3 is 1. The molecule has 2 N–H and O–H groups in total. The summed E-state index contributed by atoms with van der Waals surface area (Å²) in [5.74, 6) is -0.677. The molecule has 0 saturated heterocycles. The van der Waals surface area contributed by atoms with Gasteiger partial charge in [0.05, 0.1) is 37.5 Å². The van der Waals surface area contributed by atoms with Gasteiger partial charge in [0.2, 0.25) is 11.6 Å². The summed E-state index contributed by atoms with van der Waals surface area (Å²) in [5.41, 5.74) is 0.868. The third kappa shape index (κ3) is 6.07. The molecule has 10 heteroatoms. The molecular weight excluding hydrogens is 459 g/mol. The van der Waals surface area contributed by atoms with Gasteiger partial charge in [-0.2, -0.15) is 0 Å². The fourth-order valence-electron chi connectivity index (χ4n) is 4.00. The fourth-order valence-corrected chi connectivity index (χ4v) is 4.00. The van der Waals surface area contributed by atoms with E-state index in [1.54, 1.807) is 24.3 Å². The van der Waals surface area contributed by atoms with Crippen molar-refractivity contribution in [3.8, 4) is 28.7 Å². The molecule has 4 rings (SSSR count). The van der Waals surface area contributed by atoms with E-state index >= 15 is 0 Å². The van der Waals surface area contributed by atoms with Crippen LogP contribution in [0.15, 0.2) is 41.1 Å². The first-order valence-electron chi connectivity index (χ1n) is 11.4. The van der Waals surface area contributed by atoms with Crippen LogP contribution in [0.1, 0.15) is 55.9 Å². The second-order valence-corrected chi connectivity index (χ2v) is 8.35. The molecule has 0 amide bonds. The molecule has 1 saturated carbocycles. The predicted octanol–water partition coefficient (Wildman–Crippen LogP) is 4.68. The normalized spacial score (nSPS) is 14.9. The van der Waals surface area contributed by atoms with Gasteiger partial charge in [-0.05, 0) is 43.4 Å². The van der Waals surface area contributed by atoms with Crippen LogP contribution in [0.5, 0.6) is 17.4 Å². The maximum atomic E-state index is 14.7. The van der Waals surface area contributed by atoms with Crippen LogP contribution < -0.4 is 14.2 Å². The monoisotopic (exact) mass is 486 g/mol. The van der Waals surface area contributed by atoms with Crippen molar-refractivity contribution in [2.75, 3.05) is 7.11 Å². The topological polar surface area (TPSA) is 124 Å². The van der Waals surface area contributed by atoms with Crippen LogP contribution in [-0.4, -0.2) is 39.5 Å². The lowest BCUT2D eigenvalue weighted by atomic mass is 9.97. The van der Waals surface area contributed by atoms with Crippen LogP contribution >= 0.6 is 0 Å². The molecule has 1 atom stereocenters. The lowest BCUT2D eigenvalue weighted by molar-refractivity contribution is -0.139. The van der Waals surface area contributed by atoms with E-state index in [-0.39, 0.29) is 29.9 Å². The number of carboxylic acid groups (broad SMARTS) is 1. The van der Waals surface area contributed by atoms with Crippen molar-refractivity contribution in [1.82, 2.24) is 10.1 Å². The first kappa shape index (κ1) is 24.5. The fraction of sp³-hybridized carbons (Fsp3) is 0.400. The minimum atomic E-state index is -1.16. The average Bonchev–Trinajstić information content (AvgIpc) is 3.25. The lowest BCUT2D eigenvalue weighted by Gasteiger charge is -2.23. The minimum Gasteiger partial charge on any atom is -0.487 e. The average molecular weight is 486 g/mol. The van der Waals surface area contributed by atoms with E-state index in [9.17, 15) is 14.3 Å². The molecule has 2 heterocycles. The highest BCUT2D eigenvalue weighted by molar-refractivity contribution is 5.68. The Morgan fingerprint density at radius 1 is 1.26 bits per heavy atom. The lowest BCUT2D eigenvalue weighted by Crippen LogP contribution is -2.20. The third-order valence-corrected chi connectivity index (χ3v) is 5.82. The second kappa shape index (κ2) is 11.2. The van der Waals surface area contributed by atoms with E-state index in [0.29, 0.717) is 22.8 Å². The smallest absolute Gasteiger partial charge is 0.306 e. The highest BCUT2D eigenvalue weighted by Crippen LogP contribution is 2.38. The largest absolute Gasteiger partial charge is 0.487 e. The Morgan fingerprint density at radius 2 is 2.06 bits per heavy atom. The zero-order chi connectivity index (χ0) is 24.8. The zero-order valence-corrected chi connectivity index (χ0v) is 19.3. The zero-order valence-electron chi connectivity index (χ0n) is 19.3. The van der Waals surface area contributed by atoms with E-state index in [1.807, 2.05) is 0 Å². The Kier molecular flexibility index (Phi) is 7.81. The quantitative estimate of drug-likeness (QED) is 0.420. The Bertz CT molecular complexity index is 1160. The number of nitrogens with zero attached hydrogens (tertiary/aromatic N) is 2. The molecule has 35 heavy (non-hydrogen) atoms. The minimum absolute atomic E-state index is 0.0477. The van der Waals surface area contributed by atoms with Gasteiger partial charge >= 0.3 is 5.97 Å². The van der Waals surface area contributed by atoms with E-state index < -0.39 is 24.3 Å². The van der Waals surface area contributed by atoms with Gasteiger partial charge in [0.15, 0.2) is 17.3 Å². The molecule has 1 aromatic carbocycles. The number of hydrogen-bond acceptors (Lipinski definition) is 8. The molecule has 2 aromatic heterocycles. The Hall–Kier alpha value is -3.66. The summed E-state index contributed by atoms with van der Waals surface area (Å²) in [7, 11) is 1.44. The van der Waals surface area contributed by atoms with Gasteiger partial charge in [-0.25, -0.2) is 9.37 Å². The van der Waals surface area contributed by atoms with Gasteiger partial charge in [0.1, 0.15) is 12.4 Å². The number of halogens is 1. The van der Waals surface area contributed by atoms with Crippen LogP contribution in [-0.2, 0) is 11.4 Å². The van der Waals surface area contributed by atoms with Crippen molar-refractivity contribution >= 4 is 5.97 Å². The van der Waals surface area contributed by atoms with Crippen molar-refractivity contribution in [1.29, 1.82) is 0 Å². The summed E-state index contributed by atoms with van der Waals surface area (Å²) in [6, 6.07) is 7.92. The number of ether oxygens (including phenoxy) is 3. The summed E-state index contributed by atoms with van der Waals surface area (Å²) < 4.78 is 37.4. The molecule has 1 aliphatic carbocycles. The number of aliphatic carboxylic acids is 1. The van der Waals surface area contributed by atoms with Crippen molar-refractivity contribution in [2.45, 2.75) is 57.3 Å². The van der Waals surface area contributed by atoms with Gasteiger partial charge < -0.3 is 28.9 Å². The Labute approximate surface area is 201 Å². The molecule has 0 aliphatic heterocycles. The van der Waals surface area contributed by atoms with Gasteiger partial charge in [-0.15, -0.1) is 0 Å². The maximum Gasteiger partial charge on any atom is 0.306 e. The van der Waals surface area contributed by atoms with Crippen molar-refractivity contribution in [2.24, 2.45) is 0 Å². The molecule has 0 spiro atoms. The summed E-state index contributed by atoms with van der Waals surface area (Å²) in [4.78, 5) is 14.8. The van der Waals surface area contributed by atoms with E-state index in [2.05, 4.69) is 10.1 Å². The molecular formula is C25H27FN2O7. The number of carbonyl (C=O) groups is 1. The number of benzene rings is 1. The Balaban J connectivity index is 1.60. The SMILES string of the molecule is COc1cc(-c2onc(COc3cccc([C@H](O)CC(=O)O)c3)c2OC2CCCCC2)c(F)cn1. The van der Waals surface area contributed by atoms with Crippen molar-refractivity contribution < 1.29 is 38.1 Å². The number of aliphatic hydroxyl groups is 1. The van der Waals surface area contributed by atoms with Gasteiger partial charge in [0, 0.05) is 6.07 Å². The van der Waals surface area contributed by atoms with Crippen molar-refractivity contribution in [3.63, 3.8) is 0 Å². The molecule has 9 nitrogen and oxygen atoms in total. The van der Waals surface area contributed by atoms with Crippen LogP contribution in [0, 0.1) is 5.82 Å². The number of rotatable bonds is 10. The highest BCUT2D eigenvalue weighted by Gasteiger charge is 2.27. The summed E-state index contributed by atoms with van der Waals surface area (Å²) in [6.07, 6.45) is 4.38. The molecule has 3 aromatic rings. The summed E-state index contributed by atoms with van der Waals surface area (Å²) in [5, 5.41) is 23.1. The summed E-state index contributed by atoms with van der Waals surface area (Å²) >= 11 is 0.